The maximum atomic E-state index is 12.1. The number of nitrogens with zero attached hydrogens (tertiary/aromatic N) is 4. The first kappa shape index (κ1) is 16.5. The molecule has 0 unspecified atom stereocenters. The molecule has 0 aliphatic carbocycles. The maximum absolute atomic E-state index is 12.1. The van der Waals surface area contributed by atoms with Gasteiger partial charge in [0.2, 0.25) is 0 Å². The fourth-order valence-electron chi connectivity index (χ4n) is 1.97. The van der Waals surface area contributed by atoms with Gasteiger partial charge in [0.15, 0.2) is 5.69 Å². The van der Waals surface area contributed by atoms with Gasteiger partial charge in [-0.05, 0) is 45.6 Å². The van der Waals surface area contributed by atoms with Crippen LogP contribution in [0.2, 0.25) is 5.02 Å². The van der Waals surface area contributed by atoms with E-state index in [-0.39, 0.29) is 5.91 Å². The molecule has 0 radical (unpaired) electrons. The van der Waals surface area contributed by atoms with Crippen LogP contribution in [0.1, 0.15) is 21.7 Å². The first-order chi connectivity index (χ1) is 10.4. The van der Waals surface area contributed by atoms with Gasteiger partial charge in [-0.1, -0.05) is 22.9 Å². The van der Waals surface area contributed by atoms with Gasteiger partial charge in [-0.3, -0.25) is 4.79 Å². The average molecular weight is 322 g/mol. The summed E-state index contributed by atoms with van der Waals surface area (Å²) in [7, 11) is 3.91. The molecule has 0 fully saturated rings. The van der Waals surface area contributed by atoms with E-state index in [0.717, 1.165) is 17.8 Å². The number of halogens is 1. The Bertz CT molecular complexity index is 681. The van der Waals surface area contributed by atoms with Crippen LogP contribution < -0.4 is 5.32 Å². The summed E-state index contributed by atoms with van der Waals surface area (Å²) in [4.78, 5) is 14.1. The van der Waals surface area contributed by atoms with Crippen LogP contribution in [0.3, 0.4) is 0 Å². The van der Waals surface area contributed by atoms with E-state index in [1.54, 1.807) is 4.68 Å². The van der Waals surface area contributed by atoms with E-state index < -0.39 is 0 Å². The molecule has 1 N–H and O–H groups in total. The molecule has 0 spiro atoms. The van der Waals surface area contributed by atoms with Crippen molar-refractivity contribution >= 4 is 17.5 Å². The number of carbonyl (C=O) groups is 1. The fraction of sp³-hybridized carbons (Fsp3) is 0.400. The number of hydrogen-bond donors (Lipinski definition) is 1. The molecule has 0 aliphatic heterocycles. The van der Waals surface area contributed by atoms with Crippen LogP contribution in [0.15, 0.2) is 18.2 Å². The molecule has 0 aliphatic rings. The van der Waals surface area contributed by atoms with E-state index >= 15 is 0 Å². The Hall–Kier alpha value is -1.92. The summed E-state index contributed by atoms with van der Waals surface area (Å²) >= 11 is 6.14. The summed E-state index contributed by atoms with van der Waals surface area (Å²) in [5.41, 5.74) is 2.79. The molecule has 0 atom stereocenters. The van der Waals surface area contributed by atoms with E-state index in [2.05, 4.69) is 15.6 Å². The number of rotatable bonds is 5. The van der Waals surface area contributed by atoms with Crippen molar-refractivity contribution < 1.29 is 4.79 Å². The number of aryl methyl sites for hydroxylation is 1. The predicted molar refractivity (Wildman–Crippen MR) is 86.7 cm³/mol. The Balaban J connectivity index is 2.18. The second-order valence-corrected chi connectivity index (χ2v) is 5.84. The molecular formula is C15H20ClN5O. The molecule has 118 valence electrons. The lowest BCUT2D eigenvalue weighted by molar-refractivity contribution is 0.0945. The third-order valence-corrected chi connectivity index (χ3v) is 3.76. The summed E-state index contributed by atoms with van der Waals surface area (Å²) in [6.45, 7) is 5.08. The minimum Gasteiger partial charge on any atom is -0.349 e. The van der Waals surface area contributed by atoms with Crippen molar-refractivity contribution in [2.24, 2.45) is 0 Å². The lowest BCUT2D eigenvalue weighted by Crippen LogP contribution is -2.31. The largest absolute Gasteiger partial charge is 0.349 e. The molecule has 1 aromatic heterocycles. The van der Waals surface area contributed by atoms with Crippen LogP contribution in [0, 0.1) is 13.8 Å². The predicted octanol–water partition coefficient (Wildman–Crippen LogP) is 1.83. The van der Waals surface area contributed by atoms with Gasteiger partial charge in [0, 0.05) is 18.1 Å². The third-order valence-electron chi connectivity index (χ3n) is 3.35. The highest BCUT2D eigenvalue weighted by molar-refractivity contribution is 6.31. The Kier molecular flexibility index (Phi) is 5.15. The summed E-state index contributed by atoms with van der Waals surface area (Å²) in [5, 5.41) is 11.5. The minimum absolute atomic E-state index is 0.219. The lowest BCUT2D eigenvalue weighted by atomic mass is 10.2. The Labute approximate surface area is 135 Å². The second kappa shape index (κ2) is 6.89. The molecule has 1 amide bonds. The number of nitrogens with one attached hydrogen (secondary N) is 1. The van der Waals surface area contributed by atoms with Crippen molar-refractivity contribution in [3.05, 3.63) is 40.2 Å². The Morgan fingerprint density at radius 3 is 2.73 bits per heavy atom. The van der Waals surface area contributed by atoms with Crippen LogP contribution in [0.25, 0.3) is 5.69 Å². The van der Waals surface area contributed by atoms with Gasteiger partial charge in [0.25, 0.3) is 5.91 Å². The number of likely N-dealkylation sites (N-methyl/N-ethyl adjacent to an activating group) is 1. The van der Waals surface area contributed by atoms with Crippen LogP contribution >= 0.6 is 11.6 Å². The molecule has 2 aromatic rings. The van der Waals surface area contributed by atoms with Gasteiger partial charge >= 0.3 is 0 Å². The van der Waals surface area contributed by atoms with Crippen molar-refractivity contribution in [1.82, 2.24) is 25.2 Å². The molecule has 0 saturated heterocycles. The van der Waals surface area contributed by atoms with Gasteiger partial charge in [-0.25, -0.2) is 4.68 Å². The molecule has 0 saturated carbocycles. The normalized spacial score (nSPS) is 11.0. The zero-order chi connectivity index (χ0) is 16.3. The average Bonchev–Trinajstić information content (AvgIpc) is 2.83. The van der Waals surface area contributed by atoms with Gasteiger partial charge in [-0.15, -0.1) is 5.10 Å². The Morgan fingerprint density at radius 2 is 2.09 bits per heavy atom. The van der Waals surface area contributed by atoms with Crippen molar-refractivity contribution in [1.29, 1.82) is 0 Å². The fourth-order valence-corrected chi connectivity index (χ4v) is 2.15. The molecule has 2 rings (SSSR count). The van der Waals surface area contributed by atoms with Crippen molar-refractivity contribution in [2.45, 2.75) is 13.8 Å². The topological polar surface area (TPSA) is 63.1 Å². The third kappa shape index (κ3) is 3.64. The molecule has 6 nitrogen and oxygen atoms in total. The van der Waals surface area contributed by atoms with Crippen molar-refractivity contribution in [2.75, 3.05) is 27.2 Å². The molecule has 1 heterocycles. The SMILES string of the molecule is Cc1ccc(-n2nnc(C(=O)NCCN(C)C)c2C)cc1Cl. The molecule has 7 heteroatoms. The standard InChI is InChI=1S/C15H20ClN5O/c1-10-5-6-12(9-13(10)16)21-11(2)14(18-19-21)15(22)17-7-8-20(3)4/h5-6,9H,7-8H2,1-4H3,(H,17,22). The number of aromatic nitrogens is 3. The van der Waals surface area contributed by atoms with Crippen LogP contribution in [-0.4, -0.2) is 53.0 Å². The maximum Gasteiger partial charge on any atom is 0.273 e. The molecule has 1 aromatic carbocycles. The van der Waals surface area contributed by atoms with E-state index in [9.17, 15) is 4.79 Å². The highest BCUT2D eigenvalue weighted by atomic mass is 35.5. The summed E-state index contributed by atoms with van der Waals surface area (Å²) in [5.74, 6) is -0.219. The van der Waals surface area contributed by atoms with Crippen LogP contribution in [0.4, 0.5) is 0 Å². The van der Waals surface area contributed by atoms with Gasteiger partial charge in [-0.2, -0.15) is 0 Å². The number of amides is 1. The minimum atomic E-state index is -0.219. The first-order valence-corrected chi connectivity index (χ1v) is 7.39. The second-order valence-electron chi connectivity index (χ2n) is 5.43. The van der Waals surface area contributed by atoms with E-state index in [4.69, 9.17) is 11.6 Å². The summed E-state index contributed by atoms with van der Waals surface area (Å²) < 4.78 is 1.62. The zero-order valence-corrected chi connectivity index (χ0v) is 14.0. The Morgan fingerprint density at radius 1 is 1.36 bits per heavy atom. The monoisotopic (exact) mass is 321 g/mol. The van der Waals surface area contributed by atoms with Crippen molar-refractivity contribution in [3.63, 3.8) is 0 Å². The van der Waals surface area contributed by atoms with Gasteiger partial charge in [0.1, 0.15) is 0 Å². The lowest BCUT2D eigenvalue weighted by Gasteiger charge is -2.10. The van der Waals surface area contributed by atoms with Crippen LogP contribution in [-0.2, 0) is 0 Å². The van der Waals surface area contributed by atoms with Crippen molar-refractivity contribution in [3.8, 4) is 5.69 Å². The van der Waals surface area contributed by atoms with E-state index in [1.807, 2.05) is 51.0 Å². The van der Waals surface area contributed by atoms with Gasteiger partial charge in [0.05, 0.1) is 11.4 Å². The zero-order valence-electron chi connectivity index (χ0n) is 13.2. The summed E-state index contributed by atoms with van der Waals surface area (Å²) in [6.07, 6.45) is 0. The highest BCUT2D eigenvalue weighted by Gasteiger charge is 2.17. The molecule has 0 bridgehead atoms. The number of benzene rings is 1. The van der Waals surface area contributed by atoms with E-state index in [0.29, 0.717) is 23.0 Å². The quantitative estimate of drug-likeness (QED) is 0.912. The molecule has 22 heavy (non-hydrogen) atoms. The smallest absolute Gasteiger partial charge is 0.273 e. The molecular weight excluding hydrogens is 302 g/mol. The highest BCUT2D eigenvalue weighted by Crippen LogP contribution is 2.20. The first-order valence-electron chi connectivity index (χ1n) is 7.02. The van der Waals surface area contributed by atoms with Gasteiger partial charge < -0.3 is 10.2 Å². The number of carbonyl (C=O) groups excluding carboxylic acids is 1. The van der Waals surface area contributed by atoms with Crippen LogP contribution in [0.5, 0.6) is 0 Å². The number of hydrogen-bond acceptors (Lipinski definition) is 4. The van der Waals surface area contributed by atoms with E-state index in [1.165, 1.54) is 0 Å². The summed E-state index contributed by atoms with van der Waals surface area (Å²) in [6, 6.07) is 5.62.